The van der Waals surface area contributed by atoms with Crippen molar-refractivity contribution in [1.82, 2.24) is 15.6 Å². The average molecular weight is 320 g/mol. The Hall–Kier alpha value is -0.840. The second-order valence-electron chi connectivity index (χ2n) is 5.17. The van der Waals surface area contributed by atoms with E-state index in [1.807, 2.05) is 26.0 Å². The number of amides is 1. The highest BCUT2D eigenvalue weighted by atomic mass is 35.5. The van der Waals surface area contributed by atoms with Crippen LogP contribution in [0, 0.1) is 6.92 Å². The van der Waals surface area contributed by atoms with Crippen molar-refractivity contribution < 1.29 is 4.79 Å². The van der Waals surface area contributed by atoms with E-state index in [2.05, 4.69) is 15.6 Å². The molecular formula is C14H23Cl2N3O. The summed E-state index contributed by atoms with van der Waals surface area (Å²) in [5.74, 6) is 0.0762. The number of aryl methyl sites for hydroxylation is 1. The first-order chi connectivity index (χ1) is 8.62. The SMILES string of the molecule is Cc1cccnc1CNC(=O)C1(C)CCCCN1.Cl.Cl. The van der Waals surface area contributed by atoms with E-state index in [-0.39, 0.29) is 30.7 Å². The average Bonchev–Trinajstić information content (AvgIpc) is 2.38. The molecule has 1 aliphatic rings. The minimum atomic E-state index is -0.416. The lowest BCUT2D eigenvalue weighted by Gasteiger charge is -2.33. The van der Waals surface area contributed by atoms with Crippen molar-refractivity contribution in [3.8, 4) is 0 Å². The van der Waals surface area contributed by atoms with E-state index in [4.69, 9.17) is 0 Å². The maximum absolute atomic E-state index is 12.2. The van der Waals surface area contributed by atoms with E-state index in [1.165, 1.54) is 0 Å². The molecule has 0 spiro atoms. The smallest absolute Gasteiger partial charge is 0.240 e. The van der Waals surface area contributed by atoms with Gasteiger partial charge in [0.15, 0.2) is 0 Å². The van der Waals surface area contributed by atoms with Gasteiger partial charge in [0.05, 0.1) is 17.8 Å². The Bertz CT molecular complexity index is 434. The Balaban J connectivity index is 0.00000180. The third-order valence-corrected chi connectivity index (χ3v) is 3.65. The van der Waals surface area contributed by atoms with Crippen LogP contribution < -0.4 is 10.6 Å². The van der Waals surface area contributed by atoms with Gasteiger partial charge in [-0.05, 0) is 51.3 Å². The van der Waals surface area contributed by atoms with E-state index < -0.39 is 5.54 Å². The lowest BCUT2D eigenvalue weighted by Crippen LogP contribution is -2.56. The fraction of sp³-hybridized carbons (Fsp3) is 0.571. The first-order valence-corrected chi connectivity index (χ1v) is 6.56. The molecule has 2 heterocycles. The molecular weight excluding hydrogens is 297 g/mol. The Morgan fingerprint density at radius 1 is 1.45 bits per heavy atom. The van der Waals surface area contributed by atoms with Gasteiger partial charge in [-0.15, -0.1) is 24.8 Å². The second-order valence-corrected chi connectivity index (χ2v) is 5.17. The first-order valence-electron chi connectivity index (χ1n) is 6.56. The minimum Gasteiger partial charge on any atom is -0.349 e. The second kappa shape index (κ2) is 8.45. The molecule has 1 atom stereocenters. The van der Waals surface area contributed by atoms with Crippen LogP contribution in [0.4, 0.5) is 0 Å². The number of carbonyl (C=O) groups is 1. The van der Waals surface area contributed by atoms with Crippen LogP contribution in [0.25, 0.3) is 0 Å². The highest BCUT2D eigenvalue weighted by Gasteiger charge is 2.33. The normalized spacial score (nSPS) is 21.3. The molecule has 1 aromatic rings. The molecule has 1 aliphatic heterocycles. The zero-order chi connectivity index (χ0) is 13.0. The van der Waals surface area contributed by atoms with Gasteiger partial charge >= 0.3 is 0 Å². The van der Waals surface area contributed by atoms with Crippen LogP contribution in [0.15, 0.2) is 18.3 Å². The summed E-state index contributed by atoms with van der Waals surface area (Å²) < 4.78 is 0. The molecule has 1 amide bonds. The molecule has 2 N–H and O–H groups in total. The summed E-state index contributed by atoms with van der Waals surface area (Å²) >= 11 is 0. The van der Waals surface area contributed by atoms with Crippen molar-refractivity contribution in [1.29, 1.82) is 0 Å². The van der Waals surface area contributed by atoms with Crippen LogP contribution in [-0.2, 0) is 11.3 Å². The molecule has 0 aromatic carbocycles. The van der Waals surface area contributed by atoms with Gasteiger partial charge in [0, 0.05) is 6.20 Å². The minimum absolute atomic E-state index is 0. The molecule has 4 nitrogen and oxygen atoms in total. The van der Waals surface area contributed by atoms with Gasteiger partial charge in [0.2, 0.25) is 5.91 Å². The number of hydrogen-bond donors (Lipinski definition) is 2. The van der Waals surface area contributed by atoms with Gasteiger partial charge in [-0.2, -0.15) is 0 Å². The van der Waals surface area contributed by atoms with E-state index in [0.29, 0.717) is 6.54 Å². The summed E-state index contributed by atoms with van der Waals surface area (Å²) in [5.41, 5.74) is 1.63. The molecule has 6 heteroatoms. The number of hydrogen-bond acceptors (Lipinski definition) is 3. The predicted molar refractivity (Wildman–Crippen MR) is 85.6 cm³/mol. The molecule has 20 heavy (non-hydrogen) atoms. The molecule has 2 rings (SSSR count). The van der Waals surface area contributed by atoms with Crippen LogP contribution in [0.1, 0.15) is 37.4 Å². The molecule has 0 aliphatic carbocycles. The molecule has 114 valence electrons. The highest BCUT2D eigenvalue weighted by molar-refractivity contribution is 5.86. The number of nitrogens with zero attached hydrogens (tertiary/aromatic N) is 1. The summed E-state index contributed by atoms with van der Waals surface area (Å²) in [6.07, 6.45) is 4.93. The highest BCUT2D eigenvalue weighted by Crippen LogP contribution is 2.18. The Labute approximate surface area is 132 Å². The molecule has 0 bridgehead atoms. The Morgan fingerprint density at radius 3 is 2.80 bits per heavy atom. The topological polar surface area (TPSA) is 54.0 Å². The summed E-state index contributed by atoms with van der Waals surface area (Å²) in [6, 6.07) is 3.92. The lowest BCUT2D eigenvalue weighted by atomic mass is 9.90. The van der Waals surface area contributed by atoms with Crippen LogP contribution in [0.3, 0.4) is 0 Å². The molecule has 1 saturated heterocycles. The molecule has 0 saturated carbocycles. The van der Waals surface area contributed by atoms with Crippen molar-refractivity contribution in [2.75, 3.05) is 6.54 Å². The summed E-state index contributed by atoms with van der Waals surface area (Å²) in [7, 11) is 0. The van der Waals surface area contributed by atoms with Gasteiger partial charge < -0.3 is 10.6 Å². The predicted octanol–water partition coefficient (Wildman–Crippen LogP) is 2.38. The monoisotopic (exact) mass is 319 g/mol. The fourth-order valence-corrected chi connectivity index (χ4v) is 2.31. The third-order valence-electron chi connectivity index (χ3n) is 3.65. The molecule has 0 radical (unpaired) electrons. The largest absolute Gasteiger partial charge is 0.349 e. The number of halogens is 2. The number of aromatic nitrogens is 1. The molecule has 1 fully saturated rings. The third kappa shape index (κ3) is 4.62. The van der Waals surface area contributed by atoms with Crippen molar-refractivity contribution >= 4 is 30.7 Å². The standard InChI is InChI=1S/C14H21N3O.2ClH/c1-11-6-5-8-15-12(11)10-16-13(18)14(2)7-3-4-9-17-14;;/h5-6,8,17H,3-4,7,9-10H2,1-2H3,(H,16,18);2*1H. The van der Waals surface area contributed by atoms with Crippen LogP contribution in [0.5, 0.6) is 0 Å². The van der Waals surface area contributed by atoms with Crippen molar-refractivity contribution in [2.24, 2.45) is 0 Å². The van der Waals surface area contributed by atoms with Crippen LogP contribution in [-0.4, -0.2) is 23.0 Å². The summed E-state index contributed by atoms with van der Waals surface area (Å²) in [6.45, 7) is 5.41. The van der Waals surface area contributed by atoms with Crippen molar-refractivity contribution in [3.63, 3.8) is 0 Å². The number of piperidine rings is 1. The van der Waals surface area contributed by atoms with Gasteiger partial charge in [-0.3, -0.25) is 9.78 Å². The Morgan fingerprint density at radius 2 is 2.20 bits per heavy atom. The zero-order valence-electron chi connectivity index (χ0n) is 11.9. The quantitative estimate of drug-likeness (QED) is 0.899. The van der Waals surface area contributed by atoms with Crippen LogP contribution in [0.2, 0.25) is 0 Å². The lowest BCUT2D eigenvalue weighted by molar-refractivity contribution is -0.128. The first kappa shape index (κ1) is 19.2. The fourth-order valence-electron chi connectivity index (χ4n) is 2.31. The van der Waals surface area contributed by atoms with Crippen molar-refractivity contribution in [3.05, 3.63) is 29.6 Å². The van der Waals surface area contributed by atoms with Gasteiger partial charge in [0.1, 0.15) is 0 Å². The Kier molecular flexibility index (Phi) is 8.09. The van der Waals surface area contributed by atoms with E-state index in [9.17, 15) is 4.79 Å². The van der Waals surface area contributed by atoms with Gasteiger partial charge in [-0.25, -0.2) is 0 Å². The van der Waals surface area contributed by atoms with Gasteiger partial charge in [0.25, 0.3) is 0 Å². The molecule has 1 unspecified atom stereocenters. The van der Waals surface area contributed by atoms with Crippen LogP contribution >= 0.6 is 24.8 Å². The summed E-state index contributed by atoms with van der Waals surface area (Å²) in [4.78, 5) is 16.5. The number of nitrogens with one attached hydrogen (secondary N) is 2. The maximum atomic E-state index is 12.2. The summed E-state index contributed by atoms with van der Waals surface area (Å²) in [5, 5.41) is 6.30. The van der Waals surface area contributed by atoms with E-state index in [0.717, 1.165) is 37.1 Å². The van der Waals surface area contributed by atoms with Crippen molar-refractivity contribution in [2.45, 2.75) is 45.2 Å². The van der Waals surface area contributed by atoms with Gasteiger partial charge in [-0.1, -0.05) is 6.07 Å². The number of pyridine rings is 1. The number of carbonyl (C=O) groups excluding carboxylic acids is 1. The van der Waals surface area contributed by atoms with E-state index >= 15 is 0 Å². The maximum Gasteiger partial charge on any atom is 0.240 e. The molecule has 1 aromatic heterocycles. The number of rotatable bonds is 3. The zero-order valence-corrected chi connectivity index (χ0v) is 13.6. The van der Waals surface area contributed by atoms with E-state index in [1.54, 1.807) is 6.20 Å².